The molecule has 1 amide bonds. The molecule has 0 bridgehead atoms. The molecular weight excluding hydrogens is 248 g/mol. The van der Waals surface area contributed by atoms with Crippen LogP contribution in [0.25, 0.3) is 0 Å². The van der Waals surface area contributed by atoms with Crippen molar-refractivity contribution in [2.24, 2.45) is 22.2 Å². The second kappa shape index (κ2) is 5.16. The lowest BCUT2D eigenvalue weighted by molar-refractivity contribution is -0.134. The van der Waals surface area contributed by atoms with Crippen LogP contribution in [0.1, 0.15) is 65.7 Å². The summed E-state index contributed by atoms with van der Waals surface area (Å²) < 4.78 is 0. The highest BCUT2D eigenvalue weighted by Gasteiger charge is 2.41. The lowest BCUT2D eigenvalue weighted by Gasteiger charge is -2.38. The topological polar surface area (TPSA) is 32.7 Å². The first-order valence-electron chi connectivity index (χ1n) is 8.35. The Morgan fingerprint density at radius 3 is 2.60 bits per heavy atom. The van der Waals surface area contributed by atoms with Gasteiger partial charge in [-0.1, -0.05) is 33.6 Å². The van der Waals surface area contributed by atoms with Gasteiger partial charge >= 0.3 is 0 Å². The third-order valence-corrected chi connectivity index (χ3v) is 5.58. The van der Waals surface area contributed by atoms with Gasteiger partial charge in [0.05, 0.1) is 12.0 Å². The monoisotopic (exact) mass is 276 g/mol. The molecule has 20 heavy (non-hydrogen) atoms. The number of carbonyl (C=O) groups is 1. The highest BCUT2D eigenvalue weighted by molar-refractivity contribution is 6.01. The first kappa shape index (κ1) is 14.1. The molecule has 1 saturated carbocycles. The van der Waals surface area contributed by atoms with Crippen LogP contribution in [-0.4, -0.2) is 29.2 Å². The third-order valence-electron chi connectivity index (χ3n) is 5.58. The number of carbonyl (C=O) groups excluding carboxylic acids is 1. The fourth-order valence-electron chi connectivity index (χ4n) is 4.18. The Morgan fingerprint density at radius 1 is 1.10 bits per heavy atom. The molecule has 1 unspecified atom stereocenters. The zero-order valence-corrected chi connectivity index (χ0v) is 13.2. The maximum Gasteiger partial charge on any atom is 0.233 e. The molecular formula is C17H28N2O. The van der Waals surface area contributed by atoms with Gasteiger partial charge in [0.2, 0.25) is 5.91 Å². The molecule has 3 aliphatic rings. The molecule has 0 N–H and O–H groups in total. The van der Waals surface area contributed by atoms with E-state index in [1.165, 1.54) is 19.3 Å². The molecule has 0 radical (unpaired) electrons. The van der Waals surface area contributed by atoms with Gasteiger partial charge in [-0.3, -0.25) is 9.79 Å². The van der Waals surface area contributed by atoms with Crippen LogP contribution < -0.4 is 0 Å². The molecule has 0 aromatic rings. The quantitative estimate of drug-likeness (QED) is 0.665. The second-order valence-corrected chi connectivity index (χ2v) is 7.88. The minimum absolute atomic E-state index is 0.193. The fraction of sp³-hybridized carbons (Fsp3) is 0.882. The van der Waals surface area contributed by atoms with E-state index in [9.17, 15) is 4.79 Å². The number of amidine groups is 1. The largest absolute Gasteiger partial charge is 0.300 e. The minimum Gasteiger partial charge on any atom is -0.300 e. The van der Waals surface area contributed by atoms with Crippen LogP contribution in [-0.2, 0) is 4.79 Å². The summed E-state index contributed by atoms with van der Waals surface area (Å²) in [6, 6.07) is 0.300. The summed E-state index contributed by atoms with van der Waals surface area (Å²) in [6.45, 7) is 7.87. The predicted molar refractivity (Wildman–Crippen MR) is 81.7 cm³/mol. The Labute approximate surface area is 122 Å². The van der Waals surface area contributed by atoms with Crippen molar-refractivity contribution in [1.82, 2.24) is 4.90 Å². The Kier molecular flexibility index (Phi) is 3.64. The fourth-order valence-corrected chi connectivity index (χ4v) is 4.18. The maximum absolute atomic E-state index is 12.7. The molecule has 1 saturated heterocycles. The van der Waals surface area contributed by atoms with Crippen molar-refractivity contribution in [1.29, 1.82) is 0 Å². The molecule has 2 aliphatic heterocycles. The standard InChI is InChI=1S/C17H28N2O/c1-17(2,3)12-8-9-15-18-14-7-5-4-6-13(14)16(20)19(15)11-10-12/h12-14H,4-11H2,1-3H3/t12?,13-,14+/m0/s1. The third kappa shape index (κ3) is 2.51. The van der Waals surface area contributed by atoms with E-state index in [2.05, 4.69) is 20.8 Å². The number of hydrogen-bond donors (Lipinski definition) is 0. The van der Waals surface area contributed by atoms with Gasteiger partial charge in [0.15, 0.2) is 0 Å². The van der Waals surface area contributed by atoms with E-state index in [1.807, 2.05) is 4.90 Å². The van der Waals surface area contributed by atoms with Crippen LogP contribution >= 0.6 is 0 Å². The Morgan fingerprint density at radius 2 is 1.85 bits per heavy atom. The maximum atomic E-state index is 12.7. The first-order chi connectivity index (χ1) is 9.47. The van der Waals surface area contributed by atoms with Gasteiger partial charge in [0, 0.05) is 13.0 Å². The van der Waals surface area contributed by atoms with E-state index < -0.39 is 0 Å². The SMILES string of the molecule is CC(C)(C)C1CCC2=N[C@@H]3CCCC[C@@H]3C(=O)N2CC1. The Bertz CT molecular complexity index is 421. The normalized spacial score (nSPS) is 35.0. The molecule has 3 nitrogen and oxygen atoms in total. The summed E-state index contributed by atoms with van der Waals surface area (Å²) in [6.07, 6.45) is 7.94. The van der Waals surface area contributed by atoms with Gasteiger partial charge in [-0.2, -0.15) is 0 Å². The minimum atomic E-state index is 0.193. The predicted octanol–water partition coefficient (Wildman–Crippen LogP) is 3.63. The zero-order valence-electron chi connectivity index (χ0n) is 13.2. The lowest BCUT2D eigenvalue weighted by atomic mass is 9.76. The second-order valence-electron chi connectivity index (χ2n) is 7.88. The highest BCUT2D eigenvalue weighted by atomic mass is 16.2. The van der Waals surface area contributed by atoms with Crippen molar-refractivity contribution in [3.63, 3.8) is 0 Å². The summed E-state index contributed by atoms with van der Waals surface area (Å²) >= 11 is 0. The average Bonchev–Trinajstić information content (AvgIpc) is 2.61. The van der Waals surface area contributed by atoms with Gasteiger partial charge < -0.3 is 4.90 Å². The van der Waals surface area contributed by atoms with Crippen LogP contribution in [0.3, 0.4) is 0 Å². The van der Waals surface area contributed by atoms with Crippen molar-refractivity contribution in [3.8, 4) is 0 Å². The molecule has 112 valence electrons. The van der Waals surface area contributed by atoms with Crippen LogP contribution in [0, 0.1) is 17.3 Å². The molecule has 2 heterocycles. The van der Waals surface area contributed by atoms with Gasteiger partial charge in [-0.25, -0.2) is 0 Å². The number of hydrogen-bond acceptors (Lipinski definition) is 2. The van der Waals surface area contributed by atoms with E-state index in [4.69, 9.17) is 4.99 Å². The van der Waals surface area contributed by atoms with Crippen molar-refractivity contribution in [2.45, 2.75) is 71.8 Å². The summed E-state index contributed by atoms with van der Waals surface area (Å²) in [7, 11) is 0. The van der Waals surface area contributed by atoms with Crippen LogP contribution in [0.15, 0.2) is 4.99 Å². The van der Waals surface area contributed by atoms with Gasteiger partial charge in [0.25, 0.3) is 0 Å². The summed E-state index contributed by atoms with van der Waals surface area (Å²) in [5.41, 5.74) is 0.338. The van der Waals surface area contributed by atoms with Crippen molar-refractivity contribution in [2.75, 3.05) is 6.54 Å². The molecule has 0 spiro atoms. The summed E-state index contributed by atoms with van der Waals surface area (Å²) in [5, 5.41) is 0. The van der Waals surface area contributed by atoms with E-state index in [0.717, 1.165) is 38.1 Å². The number of aliphatic imine (C=N–C) groups is 1. The van der Waals surface area contributed by atoms with Crippen molar-refractivity contribution < 1.29 is 4.79 Å². The molecule has 0 aromatic heterocycles. The molecule has 3 rings (SSSR count). The van der Waals surface area contributed by atoms with Crippen LogP contribution in [0.4, 0.5) is 0 Å². The molecule has 3 atom stereocenters. The first-order valence-corrected chi connectivity index (χ1v) is 8.35. The summed E-state index contributed by atoms with van der Waals surface area (Å²) in [5.74, 6) is 2.38. The smallest absolute Gasteiger partial charge is 0.233 e. The van der Waals surface area contributed by atoms with Gasteiger partial charge in [-0.15, -0.1) is 0 Å². The van der Waals surface area contributed by atoms with E-state index in [1.54, 1.807) is 0 Å². The number of amides is 1. The Balaban J connectivity index is 1.81. The van der Waals surface area contributed by atoms with E-state index >= 15 is 0 Å². The lowest BCUT2D eigenvalue weighted by Crippen LogP contribution is -2.49. The van der Waals surface area contributed by atoms with Crippen molar-refractivity contribution >= 4 is 11.7 Å². The summed E-state index contributed by atoms with van der Waals surface area (Å²) in [4.78, 5) is 19.8. The Hall–Kier alpha value is -0.860. The van der Waals surface area contributed by atoms with E-state index in [-0.39, 0.29) is 5.92 Å². The number of nitrogens with zero attached hydrogens (tertiary/aromatic N) is 2. The van der Waals surface area contributed by atoms with Crippen molar-refractivity contribution in [3.05, 3.63) is 0 Å². The van der Waals surface area contributed by atoms with Gasteiger partial charge in [0.1, 0.15) is 5.84 Å². The number of fused-ring (bicyclic) bond motifs is 2. The van der Waals surface area contributed by atoms with Crippen LogP contribution in [0.5, 0.6) is 0 Å². The highest BCUT2D eigenvalue weighted by Crippen LogP contribution is 2.38. The average molecular weight is 276 g/mol. The molecule has 0 aromatic carbocycles. The molecule has 2 fully saturated rings. The van der Waals surface area contributed by atoms with E-state index in [0.29, 0.717) is 23.3 Å². The van der Waals surface area contributed by atoms with Gasteiger partial charge in [-0.05, 0) is 37.0 Å². The van der Waals surface area contributed by atoms with Crippen LogP contribution in [0.2, 0.25) is 0 Å². The zero-order chi connectivity index (χ0) is 14.3. The number of rotatable bonds is 0. The molecule has 1 aliphatic carbocycles. The molecule has 3 heteroatoms.